The minimum absolute atomic E-state index is 0.124. The minimum Gasteiger partial charge on any atom is -0.378 e. The molecule has 0 spiro atoms. The Morgan fingerprint density at radius 3 is 2.62 bits per heavy atom. The standard InChI is InChI=1S/C13H16FNO/c14-11-3-1-2-9(4-11)10-5-12(6-10)15-13-7-16-8-13/h1-4,10,12-13,15H,5-8H2. The van der Waals surface area contributed by atoms with E-state index in [1.165, 1.54) is 6.07 Å². The second-order valence-electron chi connectivity index (χ2n) is 4.82. The van der Waals surface area contributed by atoms with Crippen LogP contribution in [0.15, 0.2) is 24.3 Å². The summed E-state index contributed by atoms with van der Waals surface area (Å²) in [6, 6.07) is 8.14. The maximum atomic E-state index is 13.0. The van der Waals surface area contributed by atoms with Crippen molar-refractivity contribution in [1.82, 2.24) is 5.32 Å². The molecule has 0 atom stereocenters. The summed E-state index contributed by atoms with van der Waals surface area (Å²) in [5.74, 6) is 0.412. The lowest BCUT2D eigenvalue weighted by molar-refractivity contribution is -0.0157. The summed E-state index contributed by atoms with van der Waals surface area (Å²) in [5.41, 5.74) is 1.14. The first-order valence-electron chi connectivity index (χ1n) is 5.90. The highest BCUT2D eigenvalue weighted by Gasteiger charge is 2.33. The molecule has 1 saturated carbocycles. The molecule has 1 heterocycles. The summed E-state index contributed by atoms with van der Waals surface area (Å²) < 4.78 is 18.1. The molecule has 0 aromatic heterocycles. The van der Waals surface area contributed by atoms with Crippen LogP contribution in [0.5, 0.6) is 0 Å². The molecule has 2 nitrogen and oxygen atoms in total. The van der Waals surface area contributed by atoms with Crippen molar-refractivity contribution < 1.29 is 9.13 Å². The van der Waals surface area contributed by atoms with Crippen LogP contribution in [0.2, 0.25) is 0 Å². The van der Waals surface area contributed by atoms with E-state index in [4.69, 9.17) is 4.74 Å². The Hall–Kier alpha value is -0.930. The lowest BCUT2D eigenvalue weighted by atomic mass is 9.75. The predicted octanol–water partition coefficient (Wildman–Crippen LogP) is 2.06. The monoisotopic (exact) mass is 221 g/mol. The summed E-state index contributed by atoms with van der Waals surface area (Å²) >= 11 is 0. The van der Waals surface area contributed by atoms with E-state index in [9.17, 15) is 4.39 Å². The van der Waals surface area contributed by atoms with E-state index in [1.54, 1.807) is 12.1 Å². The molecule has 3 heteroatoms. The summed E-state index contributed by atoms with van der Waals surface area (Å²) in [4.78, 5) is 0. The van der Waals surface area contributed by atoms with Crippen LogP contribution in [-0.4, -0.2) is 25.3 Å². The van der Waals surface area contributed by atoms with E-state index in [0.29, 0.717) is 18.0 Å². The highest BCUT2D eigenvalue weighted by atomic mass is 19.1. The first kappa shape index (κ1) is 10.2. The minimum atomic E-state index is -0.124. The van der Waals surface area contributed by atoms with Gasteiger partial charge in [-0.2, -0.15) is 0 Å². The van der Waals surface area contributed by atoms with Gasteiger partial charge in [0.1, 0.15) is 5.82 Å². The Morgan fingerprint density at radius 1 is 1.19 bits per heavy atom. The van der Waals surface area contributed by atoms with Crippen LogP contribution in [0.1, 0.15) is 24.3 Å². The van der Waals surface area contributed by atoms with Crippen molar-refractivity contribution in [2.75, 3.05) is 13.2 Å². The fraction of sp³-hybridized carbons (Fsp3) is 0.538. The third kappa shape index (κ3) is 1.97. The molecule has 86 valence electrons. The first-order chi connectivity index (χ1) is 7.81. The SMILES string of the molecule is Fc1cccc(C2CC(NC3COC3)C2)c1. The largest absolute Gasteiger partial charge is 0.378 e. The van der Waals surface area contributed by atoms with E-state index < -0.39 is 0 Å². The van der Waals surface area contributed by atoms with Crippen LogP contribution in [0.25, 0.3) is 0 Å². The van der Waals surface area contributed by atoms with Gasteiger partial charge >= 0.3 is 0 Å². The summed E-state index contributed by atoms with van der Waals surface area (Å²) in [7, 11) is 0. The molecule has 0 bridgehead atoms. The number of nitrogens with one attached hydrogen (secondary N) is 1. The molecule has 1 aliphatic heterocycles. The van der Waals surface area contributed by atoms with Crippen LogP contribution < -0.4 is 5.32 Å². The van der Waals surface area contributed by atoms with Gasteiger partial charge < -0.3 is 10.1 Å². The number of halogens is 1. The van der Waals surface area contributed by atoms with Crippen molar-refractivity contribution in [3.05, 3.63) is 35.6 Å². The van der Waals surface area contributed by atoms with Crippen LogP contribution >= 0.6 is 0 Å². The molecular weight excluding hydrogens is 205 g/mol. The predicted molar refractivity (Wildman–Crippen MR) is 59.9 cm³/mol. The molecule has 1 aromatic carbocycles. The highest BCUT2D eigenvalue weighted by molar-refractivity contribution is 5.23. The van der Waals surface area contributed by atoms with E-state index in [2.05, 4.69) is 5.32 Å². The molecule has 3 rings (SSSR count). The van der Waals surface area contributed by atoms with Gasteiger partial charge in [0.05, 0.1) is 19.3 Å². The van der Waals surface area contributed by atoms with Gasteiger partial charge in [0.2, 0.25) is 0 Å². The Labute approximate surface area is 94.8 Å². The zero-order valence-electron chi connectivity index (χ0n) is 9.16. The topological polar surface area (TPSA) is 21.3 Å². The zero-order chi connectivity index (χ0) is 11.0. The zero-order valence-corrected chi connectivity index (χ0v) is 9.16. The van der Waals surface area contributed by atoms with Gasteiger partial charge in [-0.05, 0) is 36.5 Å². The van der Waals surface area contributed by atoms with Gasteiger partial charge in [0.15, 0.2) is 0 Å². The molecule has 1 saturated heterocycles. The third-order valence-electron chi connectivity index (χ3n) is 3.57. The first-order valence-corrected chi connectivity index (χ1v) is 5.90. The maximum absolute atomic E-state index is 13.0. The van der Waals surface area contributed by atoms with E-state index >= 15 is 0 Å². The lowest BCUT2D eigenvalue weighted by Gasteiger charge is -2.40. The summed E-state index contributed by atoms with van der Waals surface area (Å²) in [6.07, 6.45) is 2.25. The average Bonchev–Trinajstić information content (AvgIpc) is 2.12. The van der Waals surface area contributed by atoms with Crippen molar-refractivity contribution in [2.45, 2.75) is 30.8 Å². The van der Waals surface area contributed by atoms with Crippen LogP contribution in [0, 0.1) is 5.82 Å². The van der Waals surface area contributed by atoms with Gasteiger partial charge in [0.25, 0.3) is 0 Å². The van der Waals surface area contributed by atoms with Gasteiger partial charge in [0, 0.05) is 6.04 Å². The van der Waals surface area contributed by atoms with E-state index in [1.807, 2.05) is 6.07 Å². The van der Waals surface area contributed by atoms with Gasteiger partial charge in [-0.3, -0.25) is 0 Å². The highest BCUT2D eigenvalue weighted by Crippen LogP contribution is 2.37. The fourth-order valence-electron chi connectivity index (χ4n) is 2.45. The van der Waals surface area contributed by atoms with Gasteiger partial charge in [-0.15, -0.1) is 0 Å². The molecule has 2 aliphatic rings. The Balaban J connectivity index is 1.52. The fourth-order valence-corrected chi connectivity index (χ4v) is 2.45. The molecule has 2 fully saturated rings. The van der Waals surface area contributed by atoms with E-state index in [-0.39, 0.29) is 5.82 Å². The maximum Gasteiger partial charge on any atom is 0.123 e. The smallest absolute Gasteiger partial charge is 0.123 e. The number of hydrogen-bond donors (Lipinski definition) is 1. The van der Waals surface area contributed by atoms with Crippen LogP contribution in [-0.2, 0) is 4.74 Å². The van der Waals surface area contributed by atoms with Crippen molar-refractivity contribution in [3.8, 4) is 0 Å². The second-order valence-corrected chi connectivity index (χ2v) is 4.82. The molecule has 0 amide bonds. The molecule has 1 N–H and O–H groups in total. The van der Waals surface area contributed by atoms with Crippen molar-refractivity contribution in [3.63, 3.8) is 0 Å². The molecular formula is C13H16FNO. The number of rotatable bonds is 3. The Kier molecular flexibility index (Phi) is 2.65. The van der Waals surface area contributed by atoms with Crippen molar-refractivity contribution in [2.24, 2.45) is 0 Å². The molecule has 16 heavy (non-hydrogen) atoms. The lowest BCUT2D eigenvalue weighted by Crippen LogP contribution is -2.53. The molecule has 1 aliphatic carbocycles. The normalized spacial score (nSPS) is 29.6. The van der Waals surface area contributed by atoms with Gasteiger partial charge in [-0.25, -0.2) is 4.39 Å². The molecule has 0 unspecified atom stereocenters. The number of hydrogen-bond acceptors (Lipinski definition) is 2. The Morgan fingerprint density at radius 2 is 2.00 bits per heavy atom. The molecule has 0 radical (unpaired) electrons. The molecule has 1 aromatic rings. The Bertz CT molecular complexity index is 372. The second kappa shape index (κ2) is 4.15. The van der Waals surface area contributed by atoms with Crippen molar-refractivity contribution in [1.29, 1.82) is 0 Å². The third-order valence-corrected chi connectivity index (χ3v) is 3.57. The van der Waals surface area contributed by atoms with Crippen LogP contribution in [0.4, 0.5) is 4.39 Å². The van der Waals surface area contributed by atoms with Crippen LogP contribution in [0.3, 0.4) is 0 Å². The number of benzene rings is 1. The average molecular weight is 221 g/mol. The summed E-state index contributed by atoms with van der Waals surface area (Å²) in [5, 5.41) is 3.55. The van der Waals surface area contributed by atoms with Gasteiger partial charge in [-0.1, -0.05) is 12.1 Å². The van der Waals surface area contributed by atoms with E-state index in [0.717, 1.165) is 31.6 Å². The number of ether oxygens (including phenoxy) is 1. The van der Waals surface area contributed by atoms with Crippen molar-refractivity contribution >= 4 is 0 Å². The summed E-state index contributed by atoms with van der Waals surface area (Å²) in [6.45, 7) is 1.70. The quantitative estimate of drug-likeness (QED) is 0.843.